The van der Waals surface area contributed by atoms with E-state index in [2.05, 4.69) is 0 Å². The van der Waals surface area contributed by atoms with Crippen molar-refractivity contribution in [2.45, 2.75) is 24.3 Å². The molecule has 0 unspecified atom stereocenters. The number of benzene rings is 1. The summed E-state index contributed by atoms with van der Waals surface area (Å²) in [5, 5.41) is 9.79. The molecule has 0 bridgehead atoms. The molecule has 1 aromatic carbocycles. The molecule has 0 aromatic heterocycles. The Labute approximate surface area is 94.0 Å². The second-order valence-electron chi connectivity index (χ2n) is 4.26. The van der Waals surface area contributed by atoms with Gasteiger partial charge in [-0.3, -0.25) is 4.79 Å². The van der Waals surface area contributed by atoms with Gasteiger partial charge in [0.1, 0.15) is 5.75 Å². The van der Waals surface area contributed by atoms with Crippen LogP contribution < -0.4 is 5.73 Å². The summed E-state index contributed by atoms with van der Waals surface area (Å²) in [6, 6.07) is 6.84. The Kier molecular flexibility index (Phi) is 2.59. The van der Waals surface area contributed by atoms with Crippen molar-refractivity contribution in [1.29, 1.82) is 0 Å². The first-order chi connectivity index (χ1) is 7.60. The largest absolute Gasteiger partial charge is 0.508 e. The van der Waals surface area contributed by atoms with Gasteiger partial charge >= 0.3 is 5.97 Å². The van der Waals surface area contributed by atoms with E-state index in [9.17, 15) is 9.90 Å². The zero-order chi connectivity index (χ0) is 11.8. The molecule has 0 spiro atoms. The molecular formula is C12H15NO3. The molecule has 3 N–H and O–H groups in total. The highest BCUT2D eigenvalue weighted by atomic mass is 16.5. The molecule has 1 fully saturated rings. The summed E-state index contributed by atoms with van der Waals surface area (Å²) in [7, 11) is 1.36. The van der Waals surface area contributed by atoms with Crippen molar-refractivity contribution in [3.8, 4) is 5.75 Å². The summed E-state index contributed by atoms with van der Waals surface area (Å²) in [4.78, 5) is 11.8. The van der Waals surface area contributed by atoms with Crippen LogP contribution in [0.4, 0.5) is 0 Å². The van der Waals surface area contributed by atoms with E-state index in [1.54, 1.807) is 24.3 Å². The molecule has 1 saturated carbocycles. The van der Waals surface area contributed by atoms with Crippen LogP contribution in [0.2, 0.25) is 0 Å². The van der Waals surface area contributed by atoms with Crippen molar-refractivity contribution >= 4 is 5.97 Å². The van der Waals surface area contributed by atoms with Gasteiger partial charge in [-0.05, 0) is 18.9 Å². The fourth-order valence-electron chi connectivity index (χ4n) is 2.41. The molecule has 0 heterocycles. The standard InChI is InChI=1S/C12H15NO3/c1-16-11(15)12(6-8(13)7-12)9-4-2-3-5-10(9)14/h2-5,8,14H,6-7,13H2,1H3. The molecule has 0 aliphatic heterocycles. The van der Waals surface area contributed by atoms with Gasteiger partial charge in [0.2, 0.25) is 0 Å². The fourth-order valence-corrected chi connectivity index (χ4v) is 2.41. The number of esters is 1. The minimum atomic E-state index is -0.750. The Balaban J connectivity index is 2.42. The van der Waals surface area contributed by atoms with Crippen molar-refractivity contribution in [2.24, 2.45) is 5.73 Å². The van der Waals surface area contributed by atoms with E-state index < -0.39 is 5.41 Å². The van der Waals surface area contributed by atoms with Crippen LogP contribution in [0.5, 0.6) is 5.75 Å². The van der Waals surface area contributed by atoms with Gasteiger partial charge in [0, 0.05) is 11.6 Å². The van der Waals surface area contributed by atoms with Gasteiger partial charge in [0.25, 0.3) is 0 Å². The number of phenolic OH excluding ortho intramolecular Hbond substituents is 1. The number of carbonyl (C=O) groups excluding carboxylic acids is 1. The van der Waals surface area contributed by atoms with Gasteiger partial charge in [0.15, 0.2) is 0 Å². The highest BCUT2D eigenvalue weighted by molar-refractivity contribution is 5.85. The summed E-state index contributed by atoms with van der Waals surface area (Å²) >= 11 is 0. The van der Waals surface area contributed by atoms with Crippen molar-refractivity contribution < 1.29 is 14.6 Å². The molecule has 4 nitrogen and oxygen atoms in total. The van der Waals surface area contributed by atoms with Gasteiger partial charge in [-0.25, -0.2) is 0 Å². The third-order valence-electron chi connectivity index (χ3n) is 3.22. The summed E-state index contributed by atoms with van der Waals surface area (Å²) < 4.78 is 4.81. The lowest BCUT2D eigenvalue weighted by atomic mass is 9.61. The molecule has 0 saturated heterocycles. The number of aromatic hydroxyl groups is 1. The van der Waals surface area contributed by atoms with Crippen molar-refractivity contribution in [3.63, 3.8) is 0 Å². The second kappa shape index (κ2) is 3.79. The first-order valence-corrected chi connectivity index (χ1v) is 5.22. The van der Waals surface area contributed by atoms with E-state index in [1.807, 2.05) is 0 Å². The van der Waals surface area contributed by atoms with Crippen LogP contribution in [0, 0.1) is 0 Å². The molecule has 86 valence electrons. The molecule has 1 aliphatic carbocycles. The number of para-hydroxylation sites is 1. The van der Waals surface area contributed by atoms with Gasteiger partial charge in [-0.2, -0.15) is 0 Å². The lowest BCUT2D eigenvalue weighted by molar-refractivity contribution is -0.152. The normalized spacial score (nSPS) is 28.2. The van der Waals surface area contributed by atoms with E-state index in [0.717, 1.165) is 0 Å². The number of hydrogen-bond donors (Lipinski definition) is 2. The smallest absolute Gasteiger partial charge is 0.316 e. The predicted molar refractivity (Wildman–Crippen MR) is 59.0 cm³/mol. The quantitative estimate of drug-likeness (QED) is 0.728. The van der Waals surface area contributed by atoms with Crippen molar-refractivity contribution in [2.75, 3.05) is 7.11 Å². The van der Waals surface area contributed by atoms with E-state index in [4.69, 9.17) is 10.5 Å². The molecule has 1 aliphatic rings. The lowest BCUT2D eigenvalue weighted by Gasteiger charge is -2.44. The van der Waals surface area contributed by atoms with Gasteiger partial charge in [-0.15, -0.1) is 0 Å². The summed E-state index contributed by atoms with van der Waals surface area (Å²) in [5.41, 5.74) is 5.61. The molecule has 16 heavy (non-hydrogen) atoms. The Morgan fingerprint density at radius 1 is 1.50 bits per heavy atom. The van der Waals surface area contributed by atoms with E-state index in [0.29, 0.717) is 18.4 Å². The summed E-state index contributed by atoms with van der Waals surface area (Å²) in [5.74, 6) is -0.199. The molecule has 0 atom stereocenters. The molecule has 0 amide bonds. The zero-order valence-electron chi connectivity index (χ0n) is 9.14. The minimum Gasteiger partial charge on any atom is -0.508 e. The highest BCUT2D eigenvalue weighted by Crippen LogP contribution is 2.46. The molecule has 4 heteroatoms. The maximum atomic E-state index is 11.8. The Bertz CT molecular complexity index is 410. The number of ether oxygens (including phenoxy) is 1. The number of nitrogens with two attached hydrogens (primary N) is 1. The van der Waals surface area contributed by atoms with Gasteiger partial charge < -0.3 is 15.6 Å². The molecule has 2 rings (SSSR count). The van der Waals surface area contributed by atoms with Crippen LogP contribution in [0.25, 0.3) is 0 Å². The van der Waals surface area contributed by atoms with E-state index >= 15 is 0 Å². The Hall–Kier alpha value is -1.55. The number of rotatable bonds is 2. The third-order valence-corrected chi connectivity index (χ3v) is 3.22. The number of carbonyl (C=O) groups is 1. The zero-order valence-corrected chi connectivity index (χ0v) is 9.14. The first-order valence-electron chi connectivity index (χ1n) is 5.22. The van der Waals surface area contributed by atoms with Crippen LogP contribution in [0.3, 0.4) is 0 Å². The molecular weight excluding hydrogens is 206 g/mol. The summed E-state index contributed by atoms with van der Waals surface area (Å²) in [6.07, 6.45) is 1.05. The highest BCUT2D eigenvalue weighted by Gasteiger charge is 2.52. The van der Waals surface area contributed by atoms with Crippen molar-refractivity contribution in [3.05, 3.63) is 29.8 Å². The van der Waals surface area contributed by atoms with Crippen LogP contribution in [0.15, 0.2) is 24.3 Å². The minimum absolute atomic E-state index is 0.00120. The van der Waals surface area contributed by atoms with Gasteiger partial charge in [0.05, 0.1) is 12.5 Å². The van der Waals surface area contributed by atoms with Crippen LogP contribution in [-0.4, -0.2) is 24.2 Å². The fraction of sp³-hybridized carbons (Fsp3) is 0.417. The van der Waals surface area contributed by atoms with E-state index in [1.165, 1.54) is 7.11 Å². The lowest BCUT2D eigenvalue weighted by Crippen LogP contribution is -2.54. The topological polar surface area (TPSA) is 72.5 Å². The third kappa shape index (κ3) is 1.46. The van der Waals surface area contributed by atoms with Crippen LogP contribution >= 0.6 is 0 Å². The Morgan fingerprint density at radius 3 is 2.62 bits per heavy atom. The number of hydrogen-bond acceptors (Lipinski definition) is 4. The average molecular weight is 221 g/mol. The average Bonchev–Trinajstić information content (AvgIpc) is 2.24. The van der Waals surface area contributed by atoms with Crippen molar-refractivity contribution in [1.82, 2.24) is 0 Å². The monoisotopic (exact) mass is 221 g/mol. The molecule has 1 aromatic rings. The summed E-state index contributed by atoms with van der Waals surface area (Å²) in [6.45, 7) is 0. The molecule has 0 radical (unpaired) electrons. The van der Waals surface area contributed by atoms with Crippen LogP contribution in [0.1, 0.15) is 18.4 Å². The first kappa shape index (κ1) is 11.0. The maximum absolute atomic E-state index is 11.8. The van der Waals surface area contributed by atoms with Gasteiger partial charge in [-0.1, -0.05) is 18.2 Å². The maximum Gasteiger partial charge on any atom is 0.316 e. The van der Waals surface area contributed by atoms with Crippen LogP contribution in [-0.2, 0) is 14.9 Å². The SMILES string of the molecule is COC(=O)C1(c2ccccc2O)CC(N)C1. The second-order valence-corrected chi connectivity index (χ2v) is 4.26. The number of methoxy groups -OCH3 is 1. The predicted octanol–water partition coefficient (Wildman–Crippen LogP) is 0.924. The van der Waals surface area contributed by atoms with E-state index in [-0.39, 0.29) is 17.8 Å². The number of phenols is 1. The Morgan fingerprint density at radius 2 is 2.12 bits per heavy atom.